The zero-order valence-electron chi connectivity index (χ0n) is 21.0. The molecule has 0 radical (unpaired) electrons. The van der Waals surface area contributed by atoms with Crippen LogP contribution >= 0.6 is 12.2 Å². The van der Waals surface area contributed by atoms with Gasteiger partial charge in [0, 0.05) is 49.2 Å². The summed E-state index contributed by atoms with van der Waals surface area (Å²) in [5, 5.41) is 4.22. The monoisotopic (exact) mass is 497 g/mol. The van der Waals surface area contributed by atoms with E-state index in [1.54, 1.807) is 0 Å². The Morgan fingerprint density at radius 1 is 0.917 bits per heavy atom. The summed E-state index contributed by atoms with van der Waals surface area (Å²) in [6, 6.07) is 26.8. The van der Waals surface area contributed by atoms with E-state index < -0.39 is 0 Å². The van der Waals surface area contributed by atoms with E-state index >= 15 is 0 Å². The van der Waals surface area contributed by atoms with Gasteiger partial charge in [-0.25, -0.2) is 0 Å². The van der Waals surface area contributed by atoms with Crippen molar-refractivity contribution in [3.63, 3.8) is 0 Å². The Kier molecular flexibility index (Phi) is 6.65. The minimum Gasteiger partial charge on any atom is -0.491 e. The number of hydrogen-bond donors (Lipinski definition) is 1. The molecule has 1 saturated heterocycles. The molecule has 0 bridgehead atoms. The van der Waals surface area contributed by atoms with Crippen LogP contribution in [-0.4, -0.2) is 34.9 Å². The van der Waals surface area contributed by atoms with Crippen molar-refractivity contribution in [1.29, 1.82) is 0 Å². The van der Waals surface area contributed by atoms with Gasteiger partial charge in [-0.3, -0.25) is 4.98 Å². The van der Waals surface area contributed by atoms with E-state index in [2.05, 4.69) is 85.5 Å². The van der Waals surface area contributed by atoms with Crippen molar-refractivity contribution in [3.8, 4) is 11.4 Å². The second-order valence-corrected chi connectivity index (χ2v) is 9.76. The number of aromatic nitrogens is 2. The van der Waals surface area contributed by atoms with Gasteiger partial charge in [0.2, 0.25) is 0 Å². The lowest BCUT2D eigenvalue weighted by Gasteiger charge is -2.29. The molecule has 1 N–H and O–H groups in total. The number of anilines is 2. The zero-order chi connectivity index (χ0) is 25.2. The van der Waals surface area contributed by atoms with Crippen molar-refractivity contribution in [1.82, 2.24) is 14.9 Å². The van der Waals surface area contributed by atoms with Gasteiger partial charge in [-0.05, 0) is 98.9 Å². The average molecular weight is 498 g/mol. The summed E-state index contributed by atoms with van der Waals surface area (Å²) >= 11 is 5.90. The Morgan fingerprint density at radius 2 is 1.64 bits per heavy atom. The molecule has 0 aliphatic carbocycles. The summed E-state index contributed by atoms with van der Waals surface area (Å²) in [6.07, 6.45) is 4.06. The van der Waals surface area contributed by atoms with Gasteiger partial charge in [0.05, 0.1) is 17.8 Å². The Morgan fingerprint density at radius 3 is 2.28 bits per heavy atom. The Balaban J connectivity index is 1.58. The minimum atomic E-state index is -0.111. The third-order valence-electron chi connectivity index (χ3n) is 6.31. The number of ether oxygens (including phenoxy) is 1. The predicted molar refractivity (Wildman–Crippen MR) is 150 cm³/mol. The highest BCUT2D eigenvalue weighted by atomic mass is 32.1. The maximum atomic E-state index is 5.90. The van der Waals surface area contributed by atoms with E-state index in [-0.39, 0.29) is 18.2 Å². The van der Waals surface area contributed by atoms with Crippen LogP contribution in [0.3, 0.4) is 0 Å². The molecule has 3 heterocycles. The molecule has 0 spiro atoms. The molecule has 4 aromatic rings. The van der Waals surface area contributed by atoms with Gasteiger partial charge in [0.15, 0.2) is 5.11 Å². The fourth-order valence-electron chi connectivity index (χ4n) is 4.67. The number of hydrogen-bond acceptors (Lipinski definition) is 4. The minimum absolute atomic E-state index is 0.104. The quantitative estimate of drug-likeness (QED) is 0.321. The van der Waals surface area contributed by atoms with Crippen molar-refractivity contribution in [2.75, 3.05) is 23.9 Å². The van der Waals surface area contributed by atoms with Crippen LogP contribution in [0.2, 0.25) is 0 Å². The van der Waals surface area contributed by atoms with E-state index in [0.29, 0.717) is 5.11 Å². The Hall–Kier alpha value is -3.84. The first-order chi connectivity index (χ1) is 17.4. The lowest BCUT2D eigenvalue weighted by Crippen LogP contribution is -2.30. The highest BCUT2D eigenvalue weighted by Crippen LogP contribution is 2.42. The van der Waals surface area contributed by atoms with Gasteiger partial charge in [-0.1, -0.05) is 6.07 Å². The number of rotatable bonds is 7. The lowest BCUT2D eigenvalue weighted by molar-refractivity contribution is 0.242. The molecule has 0 unspecified atom stereocenters. The molecule has 1 aliphatic heterocycles. The van der Waals surface area contributed by atoms with E-state index in [1.165, 1.54) is 0 Å². The van der Waals surface area contributed by atoms with Gasteiger partial charge >= 0.3 is 0 Å². The van der Waals surface area contributed by atoms with E-state index in [4.69, 9.17) is 17.0 Å². The van der Waals surface area contributed by atoms with Crippen molar-refractivity contribution < 1.29 is 4.74 Å². The molecule has 2 atom stereocenters. The maximum absolute atomic E-state index is 5.90. The molecule has 184 valence electrons. The van der Waals surface area contributed by atoms with Gasteiger partial charge in [-0.2, -0.15) is 0 Å². The number of nitrogens with one attached hydrogen (secondary N) is 1. The summed E-state index contributed by atoms with van der Waals surface area (Å²) in [6.45, 7) is 4.06. The maximum Gasteiger partial charge on any atom is 0.174 e. The summed E-state index contributed by atoms with van der Waals surface area (Å²) in [4.78, 5) is 8.97. The van der Waals surface area contributed by atoms with Crippen LogP contribution in [0.25, 0.3) is 5.69 Å². The second-order valence-electron chi connectivity index (χ2n) is 9.37. The zero-order valence-corrected chi connectivity index (χ0v) is 21.8. The predicted octanol–water partition coefficient (Wildman–Crippen LogP) is 5.90. The van der Waals surface area contributed by atoms with Crippen LogP contribution in [0.1, 0.15) is 37.3 Å². The smallest absolute Gasteiger partial charge is 0.174 e. The highest BCUT2D eigenvalue weighted by Gasteiger charge is 2.42. The molecule has 1 aliphatic rings. The fraction of sp³-hybridized carbons (Fsp3) is 0.241. The van der Waals surface area contributed by atoms with E-state index in [9.17, 15) is 0 Å². The number of nitrogens with zero attached hydrogens (tertiary/aromatic N) is 4. The van der Waals surface area contributed by atoms with Crippen LogP contribution in [0.15, 0.2) is 91.3 Å². The lowest BCUT2D eigenvalue weighted by atomic mass is 10.0. The standard InChI is InChI=1S/C29H31N5OS/c1-20(2)35-24-16-14-23(15-17-24)34-28(27(31-29(34)36)25-8-5-6-18-30-25)26-9-7-19-33(26)22-12-10-21(11-13-22)32(3)4/h5-20,27-28H,1-4H3,(H,31,36)/t27-,28+/m1/s1. The average Bonchev–Trinajstić information content (AvgIpc) is 3.49. The Bertz CT molecular complexity index is 1320. The first-order valence-corrected chi connectivity index (χ1v) is 12.6. The van der Waals surface area contributed by atoms with Gasteiger partial charge < -0.3 is 24.4 Å². The van der Waals surface area contributed by atoms with E-state index in [0.717, 1.165) is 34.2 Å². The molecule has 7 heteroatoms. The third kappa shape index (κ3) is 4.66. The third-order valence-corrected chi connectivity index (χ3v) is 6.63. The number of pyridine rings is 1. The fourth-order valence-corrected chi connectivity index (χ4v) is 5.02. The first-order valence-electron chi connectivity index (χ1n) is 12.1. The molecule has 6 nitrogen and oxygen atoms in total. The van der Waals surface area contributed by atoms with Crippen molar-refractivity contribution in [3.05, 3.63) is 103 Å². The first kappa shape index (κ1) is 23.9. The number of benzene rings is 2. The summed E-state index contributed by atoms with van der Waals surface area (Å²) < 4.78 is 8.10. The molecule has 2 aromatic heterocycles. The Labute approximate surface area is 218 Å². The van der Waals surface area contributed by atoms with Crippen molar-refractivity contribution >= 4 is 28.7 Å². The molecule has 5 rings (SSSR count). The summed E-state index contributed by atoms with van der Waals surface area (Å²) in [5.41, 5.74) is 5.33. The van der Waals surface area contributed by atoms with Crippen LogP contribution in [0.4, 0.5) is 11.4 Å². The van der Waals surface area contributed by atoms with E-state index in [1.807, 2.05) is 58.4 Å². The SMILES string of the molecule is CC(C)Oc1ccc(N2C(=S)N[C@H](c3ccccn3)[C@@H]2c2cccn2-c2ccc(N(C)C)cc2)cc1. The number of thiocarbonyl (C=S) groups is 1. The summed E-state index contributed by atoms with van der Waals surface area (Å²) in [5.74, 6) is 0.842. The van der Waals surface area contributed by atoms with Crippen molar-refractivity contribution in [2.45, 2.75) is 32.0 Å². The molecule has 1 fully saturated rings. The molecule has 0 amide bonds. The van der Waals surface area contributed by atoms with Crippen LogP contribution in [0, 0.1) is 0 Å². The second kappa shape index (κ2) is 10.0. The van der Waals surface area contributed by atoms with Crippen LogP contribution < -0.4 is 19.9 Å². The molecule has 2 aromatic carbocycles. The molecular formula is C29H31N5OS. The highest BCUT2D eigenvalue weighted by molar-refractivity contribution is 7.80. The summed E-state index contributed by atoms with van der Waals surface area (Å²) in [7, 11) is 4.10. The molecule has 36 heavy (non-hydrogen) atoms. The van der Waals surface area contributed by atoms with Crippen LogP contribution in [-0.2, 0) is 0 Å². The largest absolute Gasteiger partial charge is 0.491 e. The topological polar surface area (TPSA) is 45.6 Å². The van der Waals surface area contributed by atoms with Crippen LogP contribution in [0.5, 0.6) is 5.75 Å². The van der Waals surface area contributed by atoms with Gasteiger partial charge in [0.1, 0.15) is 11.8 Å². The van der Waals surface area contributed by atoms with Crippen molar-refractivity contribution in [2.24, 2.45) is 0 Å². The molecular weight excluding hydrogens is 466 g/mol. The van der Waals surface area contributed by atoms with Gasteiger partial charge in [-0.15, -0.1) is 0 Å². The molecule has 0 saturated carbocycles. The normalized spacial score (nSPS) is 17.4. The van der Waals surface area contributed by atoms with Gasteiger partial charge in [0.25, 0.3) is 0 Å².